The van der Waals surface area contributed by atoms with Crippen molar-refractivity contribution < 1.29 is 0 Å². The molecule has 0 atom stereocenters. The van der Waals surface area contributed by atoms with E-state index in [1.807, 2.05) is 44.2 Å². The number of para-hydroxylation sites is 1. The molecule has 3 rings (SSSR count). The van der Waals surface area contributed by atoms with Crippen molar-refractivity contribution in [2.24, 2.45) is 0 Å². The van der Waals surface area contributed by atoms with Crippen LogP contribution >= 0.6 is 11.3 Å². The predicted molar refractivity (Wildman–Crippen MR) is 95.0 cm³/mol. The number of benzene rings is 1. The van der Waals surface area contributed by atoms with Crippen LogP contribution in [0.15, 0.2) is 36.7 Å². The summed E-state index contributed by atoms with van der Waals surface area (Å²) in [7, 11) is 0. The Hall–Kier alpha value is -2.87. The summed E-state index contributed by atoms with van der Waals surface area (Å²) in [6.07, 6.45) is 1.45. The fourth-order valence-electron chi connectivity index (χ4n) is 1.88. The van der Waals surface area contributed by atoms with Crippen LogP contribution in [0.2, 0.25) is 0 Å². The predicted octanol–water partition coefficient (Wildman–Crippen LogP) is 3.31. The Bertz CT molecular complexity index is 781. The molecule has 0 aliphatic rings. The number of nitrogens with zero attached hydrogens (tertiary/aromatic N) is 3. The van der Waals surface area contributed by atoms with Gasteiger partial charge in [0, 0.05) is 4.88 Å². The highest BCUT2D eigenvalue weighted by Crippen LogP contribution is 2.29. The van der Waals surface area contributed by atoms with E-state index in [4.69, 9.17) is 5.73 Å². The van der Waals surface area contributed by atoms with E-state index in [-0.39, 0.29) is 0 Å². The van der Waals surface area contributed by atoms with Crippen LogP contribution in [0.3, 0.4) is 0 Å². The summed E-state index contributed by atoms with van der Waals surface area (Å²) in [5.41, 5.74) is 14.5. The van der Waals surface area contributed by atoms with Gasteiger partial charge in [-0.05, 0) is 26.0 Å². The molecule has 0 unspecified atom stereocenters. The van der Waals surface area contributed by atoms with Gasteiger partial charge in [0.05, 0.1) is 11.4 Å². The number of anilines is 5. The first-order chi connectivity index (χ1) is 11.1. The summed E-state index contributed by atoms with van der Waals surface area (Å²) < 4.78 is 0. The van der Waals surface area contributed by atoms with Gasteiger partial charge >= 0.3 is 0 Å². The van der Waals surface area contributed by atoms with Gasteiger partial charge < -0.3 is 11.1 Å². The van der Waals surface area contributed by atoms with Gasteiger partial charge in [0.2, 0.25) is 0 Å². The molecule has 0 radical (unpaired) electrons. The average Bonchev–Trinajstić information content (AvgIpc) is 2.87. The molecular formula is C15H17N7S. The van der Waals surface area contributed by atoms with Gasteiger partial charge in [0.25, 0.3) is 0 Å². The van der Waals surface area contributed by atoms with E-state index in [0.29, 0.717) is 17.3 Å². The lowest BCUT2D eigenvalue weighted by Gasteiger charge is -2.12. The average molecular weight is 327 g/mol. The molecule has 0 saturated carbocycles. The summed E-state index contributed by atoms with van der Waals surface area (Å²) in [5, 5.41) is 3.89. The molecule has 1 aromatic carbocycles. The van der Waals surface area contributed by atoms with E-state index in [1.165, 1.54) is 6.33 Å². The number of rotatable bonds is 5. The molecule has 0 bridgehead atoms. The Balaban J connectivity index is 1.75. The fourth-order valence-corrected chi connectivity index (χ4v) is 2.69. The van der Waals surface area contributed by atoms with Crippen molar-refractivity contribution in [3.8, 4) is 0 Å². The lowest BCUT2D eigenvalue weighted by atomic mass is 10.3. The van der Waals surface area contributed by atoms with E-state index >= 15 is 0 Å². The largest absolute Gasteiger partial charge is 0.393 e. The zero-order chi connectivity index (χ0) is 16.2. The minimum atomic E-state index is 0.418. The first kappa shape index (κ1) is 15.0. The van der Waals surface area contributed by atoms with Gasteiger partial charge in [-0.25, -0.2) is 15.0 Å². The molecule has 2 heterocycles. The Morgan fingerprint density at radius 1 is 1.00 bits per heavy atom. The number of nitrogens with two attached hydrogens (primary N) is 1. The maximum atomic E-state index is 6.13. The Labute approximate surface area is 138 Å². The second-order valence-corrected chi connectivity index (χ2v) is 6.09. The minimum absolute atomic E-state index is 0.418. The van der Waals surface area contributed by atoms with Gasteiger partial charge in [0.1, 0.15) is 12.0 Å². The third-order valence-corrected chi connectivity index (χ3v) is 4.23. The number of thiazole rings is 1. The topological polar surface area (TPSA) is 101 Å². The molecule has 2 aromatic heterocycles. The highest BCUT2D eigenvalue weighted by Gasteiger charge is 2.10. The number of nitrogens with one attached hydrogen (secondary N) is 3. The molecule has 118 valence electrons. The fraction of sp³-hybridized carbons (Fsp3) is 0.133. The van der Waals surface area contributed by atoms with E-state index in [2.05, 4.69) is 31.1 Å². The summed E-state index contributed by atoms with van der Waals surface area (Å²) >= 11 is 1.56. The highest BCUT2D eigenvalue weighted by atomic mass is 32.1. The van der Waals surface area contributed by atoms with Crippen molar-refractivity contribution >= 4 is 39.5 Å². The number of hydrogen-bond acceptors (Lipinski definition) is 8. The van der Waals surface area contributed by atoms with Gasteiger partial charge in [-0.1, -0.05) is 18.2 Å². The molecule has 0 amide bonds. The minimum Gasteiger partial charge on any atom is -0.393 e. The number of hydrogen-bond donors (Lipinski definition) is 4. The smallest absolute Gasteiger partial charge is 0.188 e. The molecule has 0 aliphatic heterocycles. The zero-order valence-corrected chi connectivity index (χ0v) is 13.6. The number of aryl methyl sites for hydroxylation is 2. The van der Waals surface area contributed by atoms with Crippen LogP contribution in [0.1, 0.15) is 10.6 Å². The first-order valence-corrected chi connectivity index (χ1v) is 7.83. The normalized spacial score (nSPS) is 10.3. The van der Waals surface area contributed by atoms with Gasteiger partial charge in [0.15, 0.2) is 16.8 Å². The SMILES string of the molecule is Cc1nc(Nc2ncnc(NNc3ccccc3)c2N)sc1C. The second-order valence-electron chi connectivity index (χ2n) is 4.89. The summed E-state index contributed by atoms with van der Waals surface area (Å²) in [6, 6.07) is 9.69. The molecule has 7 nitrogen and oxygen atoms in total. The van der Waals surface area contributed by atoms with Crippen molar-refractivity contribution in [3.05, 3.63) is 47.2 Å². The van der Waals surface area contributed by atoms with Crippen molar-refractivity contribution in [1.82, 2.24) is 15.0 Å². The summed E-state index contributed by atoms with van der Waals surface area (Å²) in [6.45, 7) is 4.00. The second kappa shape index (κ2) is 6.49. The number of hydrazine groups is 1. The molecule has 23 heavy (non-hydrogen) atoms. The van der Waals surface area contributed by atoms with E-state index < -0.39 is 0 Å². The van der Waals surface area contributed by atoms with Crippen LogP contribution in [0.25, 0.3) is 0 Å². The maximum Gasteiger partial charge on any atom is 0.188 e. The first-order valence-electron chi connectivity index (χ1n) is 7.02. The molecule has 0 aliphatic carbocycles. The molecule has 0 spiro atoms. The lowest BCUT2D eigenvalue weighted by Crippen LogP contribution is -2.13. The summed E-state index contributed by atoms with van der Waals surface area (Å²) in [4.78, 5) is 13.9. The van der Waals surface area contributed by atoms with Crippen molar-refractivity contribution in [2.45, 2.75) is 13.8 Å². The molecule has 0 saturated heterocycles. The van der Waals surface area contributed by atoms with Gasteiger partial charge in [-0.3, -0.25) is 10.9 Å². The lowest BCUT2D eigenvalue weighted by molar-refractivity contribution is 1.15. The number of aromatic nitrogens is 3. The van der Waals surface area contributed by atoms with E-state index in [9.17, 15) is 0 Å². The third kappa shape index (κ3) is 3.49. The van der Waals surface area contributed by atoms with Crippen LogP contribution in [0.5, 0.6) is 0 Å². The van der Waals surface area contributed by atoms with Crippen molar-refractivity contribution in [1.29, 1.82) is 0 Å². The zero-order valence-electron chi connectivity index (χ0n) is 12.8. The monoisotopic (exact) mass is 327 g/mol. The molecule has 5 N–H and O–H groups in total. The van der Waals surface area contributed by atoms with Crippen LogP contribution in [-0.4, -0.2) is 15.0 Å². The molecule has 3 aromatic rings. The molecular weight excluding hydrogens is 310 g/mol. The van der Waals surface area contributed by atoms with Gasteiger partial charge in [-0.2, -0.15) is 0 Å². The standard InChI is InChI=1S/C15H17N7S/c1-9-10(2)23-15(19-9)20-13-12(16)14(18-8-17-13)22-21-11-6-4-3-5-7-11/h3-8,21H,16H2,1-2H3,(H2,17,18,19,20,22). The maximum absolute atomic E-state index is 6.13. The van der Waals surface area contributed by atoms with Crippen LogP contribution in [0.4, 0.5) is 28.1 Å². The van der Waals surface area contributed by atoms with Crippen LogP contribution in [-0.2, 0) is 0 Å². The third-order valence-electron chi connectivity index (χ3n) is 3.24. The van der Waals surface area contributed by atoms with Crippen LogP contribution < -0.4 is 21.9 Å². The van der Waals surface area contributed by atoms with E-state index in [1.54, 1.807) is 11.3 Å². The van der Waals surface area contributed by atoms with E-state index in [0.717, 1.165) is 21.4 Å². The molecule has 8 heteroatoms. The Kier molecular flexibility index (Phi) is 4.24. The number of nitrogen functional groups attached to an aromatic ring is 1. The Morgan fingerprint density at radius 2 is 1.74 bits per heavy atom. The van der Waals surface area contributed by atoms with Crippen LogP contribution in [0, 0.1) is 13.8 Å². The highest BCUT2D eigenvalue weighted by molar-refractivity contribution is 7.15. The van der Waals surface area contributed by atoms with Crippen molar-refractivity contribution in [2.75, 3.05) is 21.9 Å². The quantitative estimate of drug-likeness (QED) is 0.533. The van der Waals surface area contributed by atoms with Crippen molar-refractivity contribution in [3.63, 3.8) is 0 Å². The Morgan fingerprint density at radius 3 is 2.43 bits per heavy atom. The van der Waals surface area contributed by atoms with Gasteiger partial charge in [-0.15, -0.1) is 11.3 Å². The molecule has 0 fully saturated rings. The summed E-state index contributed by atoms with van der Waals surface area (Å²) in [5.74, 6) is 1.02.